The van der Waals surface area contributed by atoms with Gasteiger partial charge in [-0.05, 0) is 17.7 Å². The summed E-state index contributed by atoms with van der Waals surface area (Å²) in [6.45, 7) is 0.925. The van der Waals surface area contributed by atoms with E-state index >= 15 is 0 Å². The van der Waals surface area contributed by atoms with Crippen LogP contribution in [0.4, 0.5) is 0 Å². The van der Waals surface area contributed by atoms with E-state index in [0.29, 0.717) is 6.54 Å². The molecule has 0 spiro atoms. The number of hydrogen-bond acceptors (Lipinski definition) is 5. The van der Waals surface area contributed by atoms with Gasteiger partial charge in [-0.3, -0.25) is 5.43 Å². The standard InChI is InChI=1S/C11H12N2O3/c14-5-8-4-12-13-11(8)7-1-2-9-10(3-7)16-6-15-9/h1-3,5,8,11-13H,4,6H2. The van der Waals surface area contributed by atoms with Crippen LogP contribution in [0.25, 0.3) is 0 Å². The molecule has 1 aromatic rings. The molecule has 2 aliphatic rings. The summed E-state index contributed by atoms with van der Waals surface area (Å²) in [4.78, 5) is 10.9. The maximum Gasteiger partial charge on any atom is 0.231 e. The molecule has 0 aromatic heterocycles. The lowest BCUT2D eigenvalue weighted by Crippen LogP contribution is -2.25. The summed E-state index contributed by atoms with van der Waals surface area (Å²) in [6.07, 6.45) is 0.974. The van der Waals surface area contributed by atoms with Gasteiger partial charge in [0, 0.05) is 12.5 Å². The van der Waals surface area contributed by atoms with Crippen LogP contribution >= 0.6 is 0 Å². The summed E-state index contributed by atoms with van der Waals surface area (Å²) in [5, 5.41) is 0. The van der Waals surface area contributed by atoms with Crippen molar-refractivity contribution in [3.8, 4) is 11.5 Å². The zero-order chi connectivity index (χ0) is 11.0. The highest BCUT2D eigenvalue weighted by atomic mass is 16.7. The lowest BCUT2D eigenvalue weighted by molar-refractivity contribution is -0.111. The Morgan fingerprint density at radius 1 is 1.31 bits per heavy atom. The molecule has 2 heterocycles. The molecule has 5 nitrogen and oxygen atoms in total. The molecule has 0 amide bonds. The number of hydrogen-bond donors (Lipinski definition) is 2. The minimum Gasteiger partial charge on any atom is -0.454 e. The van der Waals surface area contributed by atoms with E-state index in [0.717, 1.165) is 23.3 Å². The number of benzene rings is 1. The molecule has 5 heteroatoms. The van der Waals surface area contributed by atoms with Crippen LogP contribution in [0, 0.1) is 5.92 Å². The van der Waals surface area contributed by atoms with E-state index in [-0.39, 0.29) is 18.8 Å². The predicted octanol–water partition coefficient (Wildman–Crippen LogP) is 0.379. The van der Waals surface area contributed by atoms with E-state index in [1.807, 2.05) is 18.2 Å². The molecule has 1 aromatic carbocycles. The molecule has 2 atom stereocenters. The van der Waals surface area contributed by atoms with Crippen LogP contribution in [0.3, 0.4) is 0 Å². The van der Waals surface area contributed by atoms with Crippen molar-refractivity contribution in [3.05, 3.63) is 23.8 Å². The van der Waals surface area contributed by atoms with Crippen molar-refractivity contribution in [2.45, 2.75) is 6.04 Å². The normalized spacial score (nSPS) is 27.0. The molecular formula is C11H12N2O3. The lowest BCUT2D eigenvalue weighted by atomic mass is 9.96. The number of ether oxygens (including phenoxy) is 2. The molecule has 0 bridgehead atoms. The number of aldehydes is 1. The average Bonchev–Trinajstić information content (AvgIpc) is 2.96. The Morgan fingerprint density at radius 2 is 2.19 bits per heavy atom. The summed E-state index contributed by atoms with van der Waals surface area (Å²) in [7, 11) is 0. The van der Waals surface area contributed by atoms with Gasteiger partial charge in [0.15, 0.2) is 11.5 Å². The first-order valence-electron chi connectivity index (χ1n) is 5.22. The third-order valence-corrected chi connectivity index (χ3v) is 2.95. The quantitative estimate of drug-likeness (QED) is 0.705. The van der Waals surface area contributed by atoms with E-state index in [4.69, 9.17) is 9.47 Å². The minimum absolute atomic E-state index is 0.00648. The topological polar surface area (TPSA) is 59.6 Å². The first-order valence-corrected chi connectivity index (χ1v) is 5.22. The molecule has 84 valence electrons. The van der Waals surface area contributed by atoms with Crippen molar-refractivity contribution in [1.82, 2.24) is 10.9 Å². The van der Waals surface area contributed by atoms with E-state index in [9.17, 15) is 4.79 Å². The maximum absolute atomic E-state index is 10.9. The fraction of sp³-hybridized carbons (Fsp3) is 0.364. The monoisotopic (exact) mass is 220 g/mol. The molecule has 2 aliphatic heterocycles. The van der Waals surface area contributed by atoms with Gasteiger partial charge in [-0.2, -0.15) is 0 Å². The van der Waals surface area contributed by atoms with Gasteiger partial charge < -0.3 is 14.3 Å². The van der Waals surface area contributed by atoms with Gasteiger partial charge in [-0.25, -0.2) is 5.43 Å². The number of carbonyl (C=O) groups excluding carboxylic acids is 1. The van der Waals surface area contributed by atoms with E-state index in [1.54, 1.807) is 0 Å². The van der Waals surface area contributed by atoms with Crippen LogP contribution in [0.2, 0.25) is 0 Å². The zero-order valence-electron chi connectivity index (χ0n) is 8.60. The second kappa shape index (κ2) is 3.77. The Morgan fingerprint density at radius 3 is 3.06 bits per heavy atom. The molecular weight excluding hydrogens is 208 g/mol. The number of hydrazine groups is 1. The Labute approximate surface area is 92.7 Å². The average molecular weight is 220 g/mol. The van der Waals surface area contributed by atoms with Gasteiger partial charge in [0.2, 0.25) is 6.79 Å². The summed E-state index contributed by atoms with van der Waals surface area (Å²) in [5.74, 6) is 1.47. The number of nitrogens with one attached hydrogen (secondary N) is 2. The van der Waals surface area contributed by atoms with Crippen molar-refractivity contribution in [1.29, 1.82) is 0 Å². The highest BCUT2D eigenvalue weighted by Crippen LogP contribution is 2.35. The van der Waals surface area contributed by atoms with Gasteiger partial charge in [-0.1, -0.05) is 6.07 Å². The lowest BCUT2D eigenvalue weighted by Gasteiger charge is -2.14. The van der Waals surface area contributed by atoms with Crippen LogP contribution in [-0.4, -0.2) is 19.6 Å². The fourth-order valence-electron chi connectivity index (χ4n) is 2.08. The summed E-state index contributed by atoms with van der Waals surface area (Å²) < 4.78 is 10.6. The van der Waals surface area contributed by atoms with Crippen molar-refractivity contribution in [2.24, 2.45) is 5.92 Å². The highest BCUT2D eigenvalue weighted by Gasteiger charge is 2.29. The molecule has 1 fully saturated rings. The van der Waals surface area contributed by atoms with E-state index in [2.05, 4.69) is 10.9 Å². The Bertz CT molecular complexity index is 422. The summed E-state index contributed by atoms with van der Waals surface area (Å²) in [6, 6.07) is 5.75. The Kier molecular flexibility index (Phi) is 2.27. The van der Waals surface area contributed by atoms with Crippen molar-refractivity contribution < 1.29 is 14.3 Å². The second-order valence-corrected chi connectivity index (χ2v) is 3.92. The SMILES string of the molecule is O=CC1CNNC1c1ccc2c(c1)OCO2. The molecule has 16 heavy (non-hydrogen) atoms. The fourth-order valence-corrected chi connectivity index (χ4v) is 2.08. The van der Waals surface area contributed by atoms with Crippen molar-refractivity contribution in [3.63, 3.8) is 0 Å². The third-order valence-electron chi connectivity index (χ3n) is 2.95. The van der Waals surface area contributed by atoms with Crippen LogP contribution < -0.4 is 20.3 Å². The Hall–Kier alpha value is -1.59. The summed E-state index contributed by atoms with van der Waals surface area (Å²) >= 11 is 0. The van der Waals surface area contributed by atoms with Crippen LogP contribution in [0.5, 0.6) is 11.5 Å². The maximum atomic E-state index is 10.9. The third kappa shape index (κ3) is 1.45. The second-order valence-electron chi connectivity index (χ2n) is 3.92. The Balaban J connectivity index is 1.91. The van der Waals surface area contributed by atoms with Crippen LogP contribution in [-0.2, 0) is 4.79 Å². The molecule has 1 saturated heterocycles. The first-order chi connectivity index (χ1) is 7.88. The van der Waals surface area contributed by atoms with Crippen LogP contribution in [0.1, 0.15) is 11.6 Å². The van der Waals surface area contributed by atoms with E-state index in [1.165, 1.54) is 0 Å². The van der Waals surface area contributed by atoms with Gasteiger partial charge >= 0.3 is 0 Å². The molecule has 2 N–H and O–H groups in total. The predicted molar refractivity (Wildman–Crippen MR) is 56.0 cm³/mol. The molecule has 0 aliphatic carbocycles. The summed E-state index contributed by atoms with van der Waals surface area (Å²) in [5.41, 5.74) is 7.11. The smallest absolute Gasteiger partial charge is 0.231 e. The van der Waals surface area contributed by atoms with Crippen LogP contribution in [0.15, 0.2) is 18.2 Å². The van der Waals surface area contributed by atoms with Gasteiger partial charge in [0.25, 0.3) is 0 Å². The molecule has 0 radical (unpaired) electrons. The zero-order valence-corrected chi connectivity index (χ0v) is 8.60. The molecule has 3 rings (SSSR count). The number of rotatable bonds is 2. The number of carbonyl (C=O) groups is 1. The highest BCUT2D eigenvalue weighted by molar-refractivity contribution is 5.57. The number of fused-ring (bicyclic) bond motifs is 1. The van der Waals surface area contributed by atoms with Crippen molar-refractivity contribution in [2.75, 3.05) is 13.3 Å². The molecule has 2 unspecified atom stereocenters. The minimum atomic E-state index is -0.0413. The molecule has 0 saturated carbocycles. The largest absolute Gasteiger partial charge is 0.454 e. The van der Waals surface area contributed by atoms with Gasteiger partial charge in [-0.15, -0.1) is 0 Å². The van der Waals surface area contributed by atoms with Gasteiger partial charge in [0.05, 0.1) is 6.04 Å². The van der Waals surface area contributed by atoms with Crippen molar-refractivity contribution >= 4 is 6.29 Å². The van der Waals surface area contributed by atoms with Gasteiger partial charge in [0.1, 0.15) is 6.29 Å². The van der Waals surface area contributed by atoms with E-state index < -0.39 is 0 Å². The first kappa shape index (κ1) is 9.62.